The first-order valence-corrected chi connectivity index (χ1v) is 5.89. The molecule has 3 rings (SSSR count). The van der Waals surface area contributed by atoms with E-state index in [1.807, 2.05) is 0 Å². The first-order chi connectivity index (χ1) is 9.70. The van der Waals surface area contributed by atoms with Crippen molar-refractivity contribution < 1.29 is 13.9 Å². The first-order valence-electron chi connectivity index (χ1n) is 5.89. The quantitative estimate of drug-likeness (QED) is 0.671. The molecule has 3 aromatic rings. The van der Waals surface area contributed by atoms with E-state index in [2.05, 4.69) is 10.2 Å². The summed E-state index contributed by atoms with van der Waals surface area (Å²) in [4.78, 5) is 11.8. The largest absolute Gasteiger partial charge is 0.464 e. The number of aromatic nitrogens is 3. The van der Waals surface area contributed by atoms with Crippen molar-refractivity contribution in [3.05, 3.63) is 54.0 Å². The number of hydrogen-bond acceptors (Lipinski definition) is 4. The molecule has 0 aliphatic carbocycles. The highest BCUT2D eigenvalue weighted by Crippen LogP contribution is 2.21. The lowest BCUT2D eigenvalue weighted by molar-refractivity contribution is 0.0592. The van der Waals surface area contributed by atoms with E-state index in [0.29, 0.717) is 17.0 Å². The molecule has 0 spiro atoms. The summed E-state index contributed by atoms with van der Waals surface area (Å²) in [7, 11) is 1.30. The zero-order valence-corrected chi connectivity index (χ0v) is 10.6. The Kier molecular flexibility index (Phi) is 2.90. The van der Waals surface area contributed by atoms with Gasteiger partial charge in [-0.05, 0) is 24.3 Å². The van der Waals surface area contributed by atoms with Crippen molar-refractivity contribution >= 4 is 11.6 Å². The number of pyridine rings is 1. The second-order valence-electron chi connectivity index (χ2n) is 4.13. The lowest BCUT2D eigenvalue weighted by Crippen LogP contribution is -2.08. The number of nitrogens with zero attached hydrogens (tertiary/aromatic N) is 3. The Hall–Kier alpha value is -2.76. The van der Waals surface area contributed by atoms with Crippen LogP contribution in [0, 0.1) is 5.82 Å². The molecule has 0 unspecified atom stereocenters. The van der Waals surface area contributed by atoms with Crippen LogP contribution in [0.15, 0.2) is 42.5 Å². The van der Waals surface area contributed by atoms with Gasteiger partial charge in [-0.3, -0.25) is 4.40 Å². The summed E-state index contributed by atoms with van der Waals surface area (Å²) in [6.07, 6.45) is 0. The number of carbonyl (C=O) groups excluding carboxylic acids is 1. The van der Waals surface area contributed by atoms with Crippen molar-refractivity contribution in [1.29, 1.82) is 0 Å². The maximum Gasteiger partial charge on any atom is 0.355 e. The summed E-state index contributed by atoms with van der Waals surface area (Å²) in [5.74, 6) is -0.497. The Morgan fingerprint density at radius 2 is 2.00 bits per heavy atom. The second kappa shape index (κ2) is 4.73. The molecule has 0 atom stereocenters. The van der Waals surface area contributed by atoms with E-state index in [0.717, 1.165) is 0 Å². The maximum atomic E-state index is 13.3. The summed E-state index contributed by atoms with van der Waals surface area (Å²) >= 11 is 0. The Labute approximate surface area is 113 Å². The van der Waals surface area contributed by atoms with E-state index >= 15 is 0 Å². The number of halogens is 1. The lowest BCUT2D eigenvalue weighted by atomic mass is 10.2. The molecule has 6 heteroatoms. The van der Waals surface area contributed by atoms with Gasteiger partial charge in [0.05, 0.1) is 7.11 Å². The van der Waals surface area contributed by atoms with Crippen LogP contribution < -0.4 is 0 Å². The van der Waals surface area contributed by atoms with Crippen LogP contribution in [0.25, 0.3) is 17.0 Å². The van der Waals surface area contributed by atoms with Gasteiger partial charge < -0.3 is 4.74 Å². The molecule has 0 aliphatic rings. The predicted molar refractivity (Wildman–Crippen MR) is 69.7 cm³/mol. The summed E-state index contributed by atoms with van der Waals surface area (Å²) in [6, 6.07) is 11.0. The molecule has 0 bridgehead atoms. The molecule has 5 nitrogen and oxygen atoms in total. The van der Waals surface area contributed by atoms with Crippen molar-refractivity contribution in [2.24, 2.45) is 0 Å². The van der Waals surface area contributed by atoms with Crippen LogP contribution in [0.1, 0.15) is 10.5 Å². The van der Waals surface area contributed by atoms with Crippen LogP contribution in [0.5, 0.6) is 0 Å². The molecule has 20 heavy (non-hydrogen) atoms. The van der Waals surface area contributed by atoms with Gasteiger partial charge in [0.25, 0.3) is 0 Å². The fraction of sp³-hybridized carbons (Fsp3) is 0.0714. The molecule has 0 radical (unpaired) electrons. The van der Waals surface area contributed by atoms with E-state index in [9.17, 15) is 9.18 Å². The van der Waals surface area contributed by atoms with Gasteiger partial charge in [-0.25, -0.2) is 9.18 Å². The third-order valence-corrected chi connectivity index (χ3v) is 2.91. The van der Waals surface area contributed by atoms with Crippen LogP contribution in [0.3, 0.4) is 0 Å². The third kappa shape index (κ3) is 1.91. The highest BCUT2D eigenvalue weighted by atomic mass is 19.1. The van der Waals surface area contributed by atoms with Crippen LogP contribution in [-0.4, -0.2) is 27.7 Å². The van der Waals surface area contributed by atoms with E-state index < -0.39 is 5.97 Å². The van der Waals surface area contributed by atoms with Crippen LogP contribution in [-0.2, 0) is 4.74 Å². The molecule has 100 valence electrons. The minimum atomic E-state index is -0.506. The lowest BCUT2D eigenvalue weighted by Gasteiger charge is -2.05. The zero-order chi connectivity index (χ0) is 14.1. The molecule has 0 N–H and O–H groups in total. The molecule has 0 fully saturated rings. The summed E-state index contributed by atoms with van der Waals surface area (Å²) in [6.45, 7) is 0. The van der Waals surface area contributed by atoms with Crippen LogP contribution in [0.2, 0.25) is 0 Å². The number of rotatable bonds is 2. The maximum absolute atomic E-state index is 13.3. The van der Waals surface area contributed by atoms with E-state index in [1.165, 1.54) is 19.2 Å². The monoisotopic (exact) mass is 271 g/mol. The smallest absolute Gasteiger partial charge is 0.355 e. The molecule has 1 aromatic carbocycles. The van der Waals surface area contributed by atoms with Gasteiger partial charge in [-0.1, -0.05) is 18.2 Å². The zero-order valence-electron chi connectivity index (χ0n) is 10.6. The SMILES string of the molecule is COC(=O)c1cccc2nnc(-c3cccc(F)c3)n12. The molecule has 2 aromatic heterocycles. The van der Waals surface area contributed by atoms with Gasteiger partial charge in [0.2, 0.25) is 0 Å². The molecule has 0 saturated heterocycles. The number of benzene rings is 1. The van der Waals surface area contributed by atoms with Gasteiger partial charge in [0, 0.05) is 5.56 Å². The van der Waals surface area contributed by atoms with Gasteiger partial charge in [-0.2, -0.15) is 0 Å². The number of esters is 1. The van der Waals surface area contributed by atoms with Gasteiger partial charge >= 0.3 is 5.97 Å². The van der Waals surface area contributed by atoms with E-state index in [1.54, 1.807) is 34.7 Å². The number of methoxy groups -OCH3 is 1. The van der Waals surface area contributed by atoms with Crippen molar-refractivity contribution in [2.75, 3.05) is 7.11 Å². The van der Waals surface area contributed by atoms with E-state index in [4.69, 9.17) is 4.74 Å². The highest BCUT2D eigenvalue weighted by molar-refractivity contribution is 5.89. The number of carbonyl (C=O) groups is 1. The average molecular weight is 271 g/mol. The molecule has 0 aliphatic heterocycles. The Balaban J connectivity index is 2.29. The van der Waals surface area contributed by atoms with E-state index in [-0.39, 0.29) is 11.5 Å². The molecular formula is C14H10FN3O2. The van der Waals surface area contributed by atoms with Gasteiger partial charge in [0.15, 0.2) is 11.5 Å². The summed E-state index contributed by atoms with van der Waals surface area (Å²) in [5.41, 5.74) is 1.32. The van der Waals surface area contributed by atoms with Crippen LogP contribution >= 0.6 is 0 Å². The fourth-order valence-corrected chi connectivity index (χ4v) is 2.02. The first kappa shape index (κ1) is 12.3. The Morgan fingerprint density at radius 3 is 2.75 bits per heavy atom. The number of ether oxygens (including phenoxy) is 1. The number of fused-ring (bicyclic) bond motifs is 1. The normalized spacial score (nSPS) is 10.7. The minimum Gasteiger partial charge on any atom is -0.464 e. The molecular weight excluding hydrogens is 261 g/mol. The summed E-state index contributed by atoms with van der Waals surface area (Å²) < 4.78 is 19.6. The van der Waals surface area contributed by atoms with Crippen LogP contribution in [0.4, 0.5) is 4.39 Å². The summed E-state index contributed by atoms with van der Waals surface area (Å²) in [5, 5.41) is 8.01. The third-order valence-electron chi connectivity index (χ3n) is 2.91. The predicted octanol–water partition coefficient (Wildman–Crippen LogP) is 2.32. The Bertz CT molecular complexity index is 798. The molecule has 0 saturated carbocycles. The van der Waals surface area contributed by atoms with Gasteiger partial charge in [0.1, 0.15) is 11.5 Å². The van der Waals surface area contributed by atoms with Gasteiger partial charge in [-0.15, -0.1) is 10.2 Å². The Morgan fingerprint density at radius 1 is 1.20 bits per heavy atom. The van der Waals surface area contributed by atoms with Crippen molar-refractivity contribution in [3.63, 3.8) is 0 Å². The average Bonchev–Trinajstić information content (AvgIpc) is 2.90. The topological polar surface area (TPSA) is 56.5 Å². The molecule has 0 amide bonds. The fourth-order valence-electron chi connectivity index (χ4n) is 2.02. The standard InChI is InChI=1S/C14H10FN3O2/c1-20-14(19)11-6-3-7-12-16-17-13(18(11)12)9-4-2-5-10(15)8-9/h2-8H,1H3. The minimum absolute atomic E-state index is 0.286. The molecule has 2 heterocycles. The second-order valence-corrected chi connectivity index (χ2v) is 4.13. The van der Waals surface area contributed by atoms with Crippen molar-refractivity contribution in [3.8, 4) is 11.4 Å². The van der Waals surface area contributed by atoms with Crippen molar-refractivity contribution in [2.45, 2.75) is 0 Å². The van der Waals surface area contributed by atoms with Crippen molar-refractivity contribution in [1.82, 2.24) is 14.6 Å². The number of hydrogen-bond donors (Lipinski definition) is 0. The highest BCUT2D eigenvalue weighted by Gasteiger charge is 2.16.